The summed E-state index contributed by atoms with van der Waals surface area (Å²) in [6.07, 6.45) is 8.43. The Morgan fingerprint density at radius 1 is 0.973 bits per heavy atom. The lowest BCUT2D eigenvalue weighted by Gasteiger charge is -2.28. The van der Waals surface area contributed by atoms with Crippen LogP contribution in [0, 0.1) is 0 Å². The van der Waals surface area contributed by atoms with E-state index in [1.165, 1.54) is 0 Å². The summed E-state index contributed by atoms with van der Waals surface area (Å²) in [6.45, 7) is 2.88. The molecule has 0 aliphatic carbocycles. The van der Waals surface area contributed by atoms with Gasteiger partial charge in [-0.25, -0.2) is 15.0 Å². The molecule has 0 saturated carbocycles. The Bertz CT molecular complexity index is 1410. The molecule has 1 atom stereocenters. The summed E-state index contributed by atoms with van der Waals surface area (Å²) in [5.74, 6) is 0.821. The number of hydrogen-bond donors (Lipinski definition) is 1. The fraction of sp³-hybridized carbons (Fsp3) is 0.385. The monoisotopic (exact) mass is 499 g/mol. The van der Waals surface area contributed by atoms with Crippen LogP contribution in [0.15, 0.2) is 53.4 Å². The van der Waals surface area contributed by atoms with Crippen LogP contribution in [-0.2, 0) is 4.79 Å². The Kier molecular flexibility index (Phi) is 6.13. The van der Waals surface area contributed by atoms with E-state index in [1.54, 1.807) is 18.1 Å². The zero-order chi connectivity index (χ0) is 25.4. The highest BCUT2D eigenvalue weighted by atomic mass is 16.5. The zero-order valence-corrected chi connectivity index (χ0v) is 20.9. The molecule has 1 amide bonds. The normalized spacial score (nSPS) is 19.0. The molecule has 6 heterocycles. The molecule has 11 heteroatoms. The number of hydrogen-bond acceptors (Lipinski definition) is 9. The molecule has 2 aliphatic heterocycles. The van der Waals surface area contributed by atoms with Crippen LogP contribution in [0.2, 0.25) is 0 Å². The second kappa shape index (κ2) is 9.74. The van der Waals surface area contributed by atoms with Gasteiger partial charge in [-0.15, -0.1) is 0 Å². The molecule has 37 heavy (non-hydrogen) atoms. The predicted octanol–water partition coefficient (Wildman–Crippen LogP) is 3.35. The van der Waals surface area contributed by atoms with Crippen LogP contribution in [0.5, 0.6) is 0 Å². The third-order valence-electron chi connectivity index (χ3n) is 7.15. The first-order chi connectivity index (χ1) is 18.0. The molecule has 0 radical (unpaired) electrons. The Hall–Kier alpha value is -4.12. The third-order valence-corrected chi connectivity index (χ3v) is 7.15. The minimum Gasteiger partial charge on any atom is -0.360 e. The molecule has 6 rings (SSSR count). The van der Waals surface area contributed by atoms with E-state index in [0.717, 1.165) is 44.6 Å². The number of likely N-dealkylation sites (N-methyl/N-ethyl adjacent to an activating group) is 1. The molecule has 2 aliphatic rings. The van der Waals surface area contributed by atoms with Gasteiger partial charge in [0.15, 0.2) is 0 Å². The molecule has 1 N–H and O–H groups in total. The summed E-state index contributed by atoms with van der Waals surface area (Å²) in [5, 5.41) is 12.0. The number of likely N-dealkylation sites (tertiary alicyclic amines) is 2. The highest BCUT2D eigenvalue weighted by Gasteiger charge is 2.33. The molecule has 0 aromatic carbocycles. The molecule has 2 fully saturated rings. The van der Waals surface area contributed by atoms with Crippen molar-refractivity contribution < 1.29 is 9.32 Å². The first-order valence-corrected chi connectivity index (χ1v) is 12.6. The van der Waals surface area contributed by atoms with Gasteiger partial charge < -0.3 is 19.6 Å². The van der Waals surface area contributed by atoms with Crippen molar-refractivity contribution in [2.75, 3.05) is 39.0 Å². The number of nitrogens with one attached hydrogen (secondary N) is 1. The van der Waals surface area contributed by atoms with Gasteiger partial charge >= 0.3 is 0 Å². The van der Waals surface area contributed by atoms with Crippen LogP contribution in [0.3, 0.4) is 0 Å². The van der Waals surface area contributed by atoms with Gasteiger partial charge in [-0.2, -0.15) is 5.10 Å². The van der Waals surface area contributed by atoms with Crippen LogP contribution in [0.4, 0.5) is 11.6 Å². The van der Waals surface area contributed by atoms with E-state index in [-0.39, 0.29) is 11.8 Å². The highest BCUT2D eigenvalue weighted by Crippen LogP contribution is 2.31. The van der Waals surface area contributed by atoms with Crippen molar-refractivity contribution in [3.8, 4) is 22.8 Å². The smallest absolute Gasteiger partial charge is 0.233 e. The number of pyridine rings is 1. The average molecular weight is 500 g/mol. The quantitative estimate of drug-likeness (QED) is 0.426. The highest BCUT2D eigenvalue weighted by molar-refractivity contribution is 5.85. The molecule has 0 spiro atoms. The second-order valence-corrected chi connectivity index (χ2v) is 9.76. The lowest BCUT2D eigenvalue weighted by molar-refractivity contribution is -0.128. The van der Waals surface area contributed by atoms with Crippen LogP contribution in [0.25, 0.3) is 22.8 Å². The minimum absolute atomic E-state index is 0.0577. The summed E-state index contributed by atoms with van der Waals surface area (Å²) < 4.78 is 7.56. The average Bonchev–Trinajstić information content (AvgIpc) is 3.66. The fourth-order valence-electron chi connectivity index (χ4n) is 4.93. The van der Waals surface area contributed by atoms with E-state index < -0.39 is 0 Å². The lowest BCUT2D eigenvalue weighted by Crippen LogP contribution is -2.31. The topological polar surface area (TPSA) is 118 Å². The first kappa shape index (κ1) is 23.3. The summed E-state index contributed by atoms with van der Waals surface area (Å²) in [6, 6.07) is 9.70. The van der Waals surface area contributed by atoms with Crippen LogP contribution < -0.4 is 5.32 Å². The van der Waals surface area contributed by atoms with Crippen LogP contribution in [-0.4, -0.2) is 79.3 Å². The van der Waals surface area contributed by atoms with E-state index in [4.69, 9.17) is 9.51 Å². The van der Waals surface area contributed by atoms with E-state index in [0.29, 0.717) is 40.5 Å². The predicted molar refractivity (Wildman–Crippen MR) is 137 cm³/mol. The molecule has 0 bridgehead atoms. The van der Waals surface area contributed by atoms with Crippen LogP contribution >= 0.6 is 0 Å². The van der Waals surface area contributed by atoms with E-state index in [2.05, 4.69) is 37.5 Å². The van der Waals surface area contributed by atoms with Gasteiger partial charge in [0.1, 0.15) is 17.4 Å². The molecular weight excluding hydrogens is 470 g/mol. The third kappa shape index (κ3) is 4.82. The maximum Gasteiger partial charge on any atom is 0.233 e. The number of carbonyl (C=O) groups is 1. The van der Waals surface area contributed by atoms with E-state index >= 15 is 0 Å². The Morgan fingerprint density at radius 3 is 2.54 bits per heavy atom. The number of anilines is 2. The van der Waals surface area contributed by atoms with Crippen LogP contribution in [0.1, 0.15) is 37.0 Å². The van der Waals surface area contributed by atoms with Crippen molar-refractivity contribution >= 4 is 17.5 Å². The van der Waals surface area contributed by atoms with Gasteiger partial charge in [-0.1, -0.05) is 11.2 Å². The van der Waals surface area contributed by atoms with E-state index in [9.17, 15) is 4.79 Å². The number of rotatable bonds is 6. The lowest BCUT2D eigenvalue weighted by atomic mass is 10.0. The summed E-state index contributed by atoms with van der Waals surface area (Å²) in [7, 11) is 3.96. The van der Waals surface area contributed by atoms with Gasteiger partial charge in [0.25, 0.3) is 0 Å². The SMILES string of the molecule is CN1CCC(n2cc(Nc3nccc(-c4cccc(-c5cc(C6CCN(C)C6=O)on5)n4)n3)cn2)CC1. The maximum atomic E-state index is 12.3. The van der Waals surface area contributed by atoms with Gasteiger partial charge in [0.05, 0.1) is 35.0 Å². The van der Waals surface area contributed by atoms with Crippen molar-refractivity contribution in [1.82, 2.24) is 39.7 Å². The Labute approximate surface area is 214 Å². The Balaban J connectivity index is 1.18. The van der Waals surface area contributed by atoms with Crippen molar-refractivity contribution in [3.05, 3.63) is 54.7 Å². The van der Waals surface area contributed by atoms with Gasteiger partial charge in [0, 0.05) is 32.1 Å². The second-order valence-electron chi connectivity index (χ2n) is 9.76. The number of piperidine rings is 1. The van der Waals surface area contributed by atoms with Gasteiger partial charge in [-0.3, -0.25) is 9.48 Å². The fourth-order valence-corrected chi connectivity index (χ4v) is 4.93. The maximum absolute atomic E-state index is 12.3. The Morgan fingerprint density at radius 2 is 1.76 bits per heavy atom. The molecule has 190 valence electrons. The minimum atomic E-state index is -0.284. The molecule has 2 saturated heterocycles. The van der Waals surface area contributed by atoms with Gasteiger partial charge in [-0.05, 0) is 57.6 Å². The largest absolute Gasteiger partial charge is 0.360 e. The standard InChI is InChI=1S/C26H29N9O2/c1-33-11-7-18(8-12-33)35-16-17(15-28-35)29-26-27-10-6-22(31-26)20-4-3-5-21(30-20)23-14-24(37-32-23)19-9-13-34(2)25(19)36/h3-6,10,14-16,18-19H,7-9,11-13H2,1-2H3,(H,27,29,31). The van der Waals surface area contributed by atoms with Crippen molar-refractivity contribution in [2.24, 2.45) is 0 Å². The summed E-state index contributed by atoms with van der Waals surface area (Å²) in [5.41, 5.74) is 3.45. The van der Waals surface area contributed by atoms with Crippen molar-refractivity contribution in [1.29, 1.82) is 0 Å². The summed E-state index contributed by atoms with van der Waals surface area (Å²) in [4.78, 5) is 30.2. The number of aromatic nitrogens is 6. The van der Waals surface area contributed by atoms with E-state index in [1.807, 2.05) is 47.4 Å². The number of nitrogens with zero attached hydrogens (tertiary/aromatic N) is 8. The van der Waals surface area contributed by atoms with Crippen molar-refractivity contribution in [3.63, 3.8) is 0 Å². The molecule has 1 unspecified atom stereocenters. The summed E-state index contributed by atoms with van der Waals surface area (Å²) >= 11 is 0. The van der Waals surface area contributed by atoms with Crippen molar-refractivity contribution in [2.45, 2.75) is 31.2 Å². The molecular formula is C26H29N9O2. The molecule has 11 nitrogen and oxygen atoms in total. The first-order valence-electron chi connectivity index (χ1n) is 12.6. The zero-order valence-electron chi connectivity index (χ0n) is 20.9. The molecule has 4 aromatic heterocycles. The number of amides is 1. The molecule has 4 aromatic rings. The number of carbonyl (C=O) groups excluding carboxylic acids is 1. The van der Waals surface area contributed by atoms with Gasteiger partial charge in [0.2, 0.25) is 11.9 Å².